The maximum Gasteiger partial charge on any atom is 0.425 e. The van der Waals surface area contributed by atoms with Crippen LogP contribution in [0.25, 0.3) is 0 Å². The fraction of sp³-hybridized carbons (Fsp3) is 0.353. The maximum absolute atomic E-state index is 13.4. The smallest absolute Gasteiger partial charge is 0.425 e. The Morgan fingerprint density at radius 1 is 1.17 bits per heavy atom. The molecule has 1 amide bonds. The fourth-order valence-electron chi connectivity index (χ4n) is 2.28. The van der Waals surface area contributed by atoms with E-state index in [1.54, 1.807) is 30.3 Å². The number of alkyl halides is 3. The van der Waals surface area contributed by atoms with Gasteiger partial charge in [0.05, 0.1) is 6.42 Å². The molecule has 4 nitrogen and oxygen atoms in total. The largest absolute Gasteiger partial charge is 0.463 e. The number of hydrogen-bond donors (Lipinski definition) is 1. The number of hydrogen-bond acceptors (Lipinski definition) is 3. The molecule has 0 saturated carbocycles. The van der Waals surface area contributed by atoms with Crippen molar-refractivity contribution in [1.82, 2.24) is 4.90 Å². The normalized spacial score (nSPS) is 14.2. The van der Waals surface area contributed by atoms with E-state index in [9.17, 15) is 23.1 Å². The summed E-state index contributed by atoms with van der Waals surface area (Å²) < 4.78 is 45.0. The summed E-state index contributed by atoms with van der Waals surface area (Å²) in [6.07, 6.45) is -6.19. The highest BCUT2D eigenvalue weighted by Gasteiger charge is 2.58. The molecule has 1 aromatic carbocycles. The van der Waals surface area contributed by atoms with E-state index in [0.29, 0.717) is 0 Å². The lowest BCUT2D eigenvalue weighted by Crippen LogP contribution is -2.46. The minimum absolute atomic E-state index is 0.144. The van der Waals surface area contributed by atoms with E-state index in [2.05, 4.69) is 0 Å². The molecule has 0 saturated heterocycles. The Bertz CT molecular complexity index is 697. The number of amides is 1. The molecule has 2 rings (SSSR count). The summed E-state index contributed by atoms with van der Waals surface area (Å²) in [7, 11) is 1.39. The lowest BCUT2D eigenvalue weighted by atomic mass is 9.95. The molecule has 0 radical (unpaired) electrons. The van der Waals surface area contributed by atoms with Crippen molar-refractivity contribution in [3.05, 3.63) is 59.5 Å². The number of nitrogens with zero attached hydrogens (tertiary/aromatic N) is 1. The van der Waals surface area contributed by atoms with Crippen LogP contribution in [0.1, 0.15) is 23.5 Å². The van der Waals surface area contributed by atoms with Gasteiger partial charge in [-0.05, 0) is 24.6 Å². The summed E-state index contributed by atoms with van der Waals surface area (Å²) in [5.41, 5.74) is -2.58. The number of furan rings is 1. The molecular weight excluding hydrogens is 323 g/mol. The van der Waals surface area contributed by atoms with Crippen molar-refractivity contribution in [2.75, 3.05) is 7.05 Å². The predicted octanol–water partition coefficient (Wildman–Crippen LogP) is 3.39. The lowest BCUT2D eigenvalue weighted by molar-refractivity contribution is -0.274. The van der Waals surface area contributed by atoms with Crippen LogP contribution in [0.3, 0.4) is 0 Å². The number of benzene rings is 1. The molecular formula is C17H18F3NO3. The third-order valence-corrected chi connectivity index (χ3v) is 3.71. The molecule has 0 aliphatic heterocycles. The van der Waals surface area contributed by atoms with Crippen LogP contribution in [0.4, 0.5) is 13.2 Å². The zero-order valence-electron chi connectivity index (χ0n) is 13.3. The average molecular weight is 341 g/mol. The summed E-state index contributed by atoms with van der Waals surface area (Å²) in [4.78, 5) is 13.4. The highest BCUT2D eigenvalue weighted by Crippen LogP contribution is 2.42. The van der Waals surface area contributed by atoms with Gasteiger partial charge in [0.1, 0.15) is 11.5 Å². The number of carbonyl (C=O) groups is 1. The maximum atomic E-state index is 13.4. The first-order valence-electron chi connectivity index (χ1n) is 7.27. The Kier molecular flexibility index (Phi) is 5.03. The predicted molar refractivity (Wildman–Crippen MR) is 80.9 cm³/mol. The van der Waals surface area contributed by atoms with Crippen LogP contribution in [0.15, 0.2) is 46.9 Å². The number of aliphatic hydroxyl groups is 1. The third kappa shape index (κ3) is 3.79. The molecule has 2 aromatic rings. The van der Waals surface area contributed by atoms with Crippen molar-refractivity contribution in [3.63, 3.8) is 0 Å². The number of aryl methyl sites for hydroxylation is 1. The molecule has 1 unspecified atom stereocenters. The van der Waals surface area contributed by atoms with Gasteiger partial charge in [-0.2, -0.15) is 13.2 Å². The second-order valence-corrected chi connectivity index (χ2v) is 5.68. The quantitative estimate of drug-likeness (QED) is 0.907. The van der Waals surface area contributed by atoms with Gasteiger partial charge in [-0.15, -0.1) is 0 Å². The van der Waals surface area contributed by atoms with E-state index in [4.69, 9.17) is 4.42 Å². The molecule has 0 bridgehead atoms. The lowest BCUT2D eigenvalue weighted by Gasteiger charge is -2.29. The molecule has 0 aliphatic carbocycles. The SMILES string of the molecule is Cc1ccc(C(O)(CC(=O)N(C)Cc2ccccc2)C(F)(F)F)o1. The van der Waals surface area contributed by atoms with Gasteiger partial charge in [0.2, 0.25) is 11.5 Å². The molecule has 1 heterocycles. The fourth-order valence-corrected chi connectivity index (χ4v) is 2.28. The number of carbonyl (C=O) groups excluding carboxylic acids is 1. The van der Waals surface area contributed by atoms with E-state index in [1.807, 2.05) is 0 Å². The average Bonchev–Trinajstić information content (AvgIpc) is 2.94. The Morgan fingerprint density at radius 2 is 1.79 bits per heavy atom. The third-order valence-electron chi connectivity index (χ3n) is 3.71. The Labute approximate surface area is 137 Å². The molecule has 130 valence electrons. The van der Waals surface area contributed by atoms with Gasteiger partial charge < -0.3 is 14.4 Å². The molecule has 1 N–H and O–H groups in total. The van der Waals surface area contributed by atoms with Crippen LogP contribution in [0.2, 0.25) is 0 Å². The summed E-state index contributed by atoms with van der Waals surface area (Å²) >= 11 is 0. The summed E-state index contributed by atoms with van der Waals surface area (Å²) in [5.74, 6) is -1.31. The van der Waals surface area contributed by atoms with E-state index in [0.717, 1.165) is 16.5 Å². The van der Waals surface area contributed by atoms with Crippen molar-refractivity contribution in [1.29, 1.82) is 0 Å². The first-order chi connectivity index (χ1) is 11.1. The summed E-state index contributed by atoms with van der Waals surface area (Å²) in [6.45, 7) is 1.61. The second kappa shape index (κ2) is 6.68. The van der Waals surface area contributed by atoms with Crippen LogP contribution >= 0.6 is 0 Å². The highest BCUT2D eigenvalue weighted by molar-refractivity contribution is 5.77. The molecule has 0 spiro atoms. The van der Waals surface area contributed by atoms with Crippen molar-refractivity contribution >= 4 is 5.91 Å². The first kappa shape index (κ1) is 18.1. The number of halogens is 3. The van der Waals surface area contributed by atoms with E-state index >= 15 is 0 Å². The van der Waals surface area contributed by atoms with Crippen molar-refractivity contribution < 1.29 is 27.5 Å². The number of rotatable bonds is 5. The minimum Gasteiger partial charge on any atom is -0.463 e. The molecule has 1 atom stereocenters. The molecule has 0 fully saturated rings. The molecule has 24 heavy (non-hydrogen) atoms. The van der Waals surface area contributed by atoms with Gasteiger partial charge in [-0.1, -0.05) is 30.3 Å². The van der Waals surface area contributed by atoms with Crippen molar-refractivity contribution in [2.24, 2.45) is 0 Å². The van der Waals surface area contributed by atoms with Crippen molar-refractivity contribution in [3.8, 4) is 0 Å². The van der Waals surface area contributed by atoms with Gasteiger partial charge in [-0.25, -0.2) is 0 Å². The standard InChI is InChI=1S/C17H18F3NO3/c1-12-8-9-14(24-12)16(23,17(18,19)20)10-15(22)21(2)11-13-6-4-3-5-7-13/h3-9,23H,10-11H2,1-2H3. The Morgan fingerprint density at radius 3 is 2.29 bits per heavy atom. The highest BCUT2D eigenvalue weighted by atomic mass is 19.4. The monoisotopic (exact) mass is 341 g/mol. The topological polar surface area (TPSA) is 53.7 Å². The van der Waals surface area contributed by atoms with Gasteiger partial charge in [0, 0.05) is 13.6 Å². The van der Waals surface area contributed by atoms with Gasteiger partial charge >= 0.3 is 6.18 Å². The van der Waals surface area contributed by atoms with Gasteiger partial charge in [-0.3, -0.25) is 4.79 Å². The molecule has 0 aliphatic rings. The Balaban J connectivity index is 2.19. The van der Waals surface area contributed by atoms with E-state index in [1.165, 1.54) is 20.0 Å². The van der Waals surface area contributed by atoms with Crippen LogP contribution < -0.4 is 0 Å². The van der Waals surface area contributed by atoms with Crippen LogP contribution in [-0.2, 0) is 16.9 Å². The van der Waals surface area contributed by atoms with Gasteiger partial charge in [0.15, 0.2) is 0 Å². The van der Waals surface area contributed by atoms with Crippen molar-refractivity contribution in [2.45, 2.75) is 31.7 Å². The van der Waals surface area contributed by atoms with Crippen LogP contribution in [-0.4, -0.2) is 29.1 Å². The molecule has 1 aromatic heterocycles. The Hall–Kier alpha value is -2.28. The second-order valence-electron chi connectivity index (χ2n) is 5.68. The van der Waals surface area contributed by atoms with Gasteiger partial charge in [0.25, 0.3) is 0 Å². The zero-order valence-corrected chi connectivity index (χ0v) is 13.3. The van der Waals surface area contributed by atoms with Crippen LogP contribution in [0.5, 0.6) is 0 Å². The van der Waals surface area contributed by atoms with E-state index in [-0.39, 0.29) is 12.3 Å². The minimum atomic E-state index is -5.04. The first-order valence-corrected chi connectivity index (χ1v) is 7.27. The van der Waals surface area contributed by atoms with Crippen LogP contribution in [0, 0.1) is 6.92 Å². The summed E-state index contributed by atoms with van der Waals surface area (Å²) in [6, 6.07) is 11.2. The van der Waals surface area contributed by atoms with E-state index < -0.39 is 29.9 Å². The zero-order chi connectivity index (χ0) is 18.0. The summed E-state index contributed by atoms with van der Waals surface area (Å²) in [5, 5.41) is 10.2. The molecule has 7 heteroatoms.